The van der Waals surface area contributed by atoms with Gasteiger partial charge in [-0.2, -0.15) is 9.97 Å². The lowest BCUT2D eigenvalue weighted by atomic mass is 10.0. The number of benzene rings is 6. The van der Waals surface area contributed by atoms with E-state index in [1.807, 2.05) is 36.4 Å². The van der Waals surface area contributed by atoms with E-state index in [4.69, 9.17) is 15.0 Å². The van der Waals surface area contributed by atoms with Crippen LogP contribution in [0.1, 0.15) is 0 Å². The second kappa shape index (κ2) is 9.58. The maximum Gasteiger partial charge on any atom is 0.238 e. The molecule has 4 heterocycles. The van der Waals surface area contributed by atoms with Crippen molar-refractivity contribution >= 4 is 59.9 Å². The maximum atomic E-state index is 5.19. The molecule has 4 aromatic heterocycles. The van der Waals surface area contributed by atoms with Crippen LogP contribution >= 0.6 is 0 Å². The number of pyridine rings is 1. The van der Waals surface area contributed by atoms with Crippen molar-refractivity contribution in [2.24, 2.45) is 0 Å². The summed E-state index contributed by atoms with van der Waals surface area (Å²) in [4.78, 5) is 15.4. The summed E-state index contributed by atoms with van der Waals surface area (Å²) in [6, 6.07) is 53.1. The third kappa shape index (κ3) is 3.54. The number of rotatable bonds is 3. The molecular formula is C41H25N5. The number of hydrogen-bond donors (Lipinski definition) is 0. The zero-order valence-corrected chi connectivity index (χ0v) is 24.7. The fraction of sp³-hybridized carbons (Fsp3) is 0. The predicted octanol–water partition coefficient (Wildman–Crippen LogP) is 10.0. The number of fused-ring (bicyclic) bond motifs is 12. The van der Waals surface area contributed by atoms with Gasteiger partial charge in [-0.25, -0.2) is 4.98 Å². The first-order chi connectivity index (χ1) is 22.8. The van der Waals surface area contributed by atoms with Gasteiger partial charge in [0, 0.05) is 43.4 Å². The molecule has 5 nitrogen and oxygen atoms in total. The molecule has 10 aromatic rings. The molecule has 0 fully saturated rings. The van der Waals surface area contributed by atoms with E-state index < -0.39 is 0 Å². The van der Waals surface area contributed by atoms with Crippen LogP contribution in [0.25, 0.3) is 88.6 Å². The summed E-state index contributed by atoms with van der Waals surface area (Å²) in [6.45, 7) is 0. The summed E-state index contributed by atoms with van der Waals surface area (Å²) in [5.74, 6) is 1.87. The van der Waals surface area contributed by atoms with Crippen LogP contribution in [0.4, 0.5) is 0 Å². The van der Waals surface area contributed by atoms with E-state index in [0.29, 0.717) is 17.6 Å². The molecule has 0 saturated carbocycles. The SMILES string of the molecule is c1ccc(-c2nc(-c3ccccc3)nc(-n3c4ccccc4c4ccc5c(c6ccccc6n6c7ccccc7cc56)c43)n2)cc1. The van der Waals surface area contributed by atoms with E-state index in [1.165, 1.54) is 38.1 Å². The van der Waals surface area contributed by atoms with Crippen molar-refractivity contribution in [3.05, 3.63) is 152 Å². The van der Waals surface area contributed by atoms with Crippen molar-refractivity contribution < 1.29 is 0 Å². The molecule has 0 atom stereocenters. The molecule has 0 radical (unpaired) electrons. The third-order valence-corrected chi connectivity index (χ3v) is 9.13. The molecule has 0 N–H and O–H groups in total. The molecule has 10 rings (SSSR count). The van der Waals surface area contributed by atoms with Gasteiger partial charge in [-0.05, 0) is 24.3 Å². The predicted molar refractivity (Wildman–Crippen MR) is 189 cm³/mol. The van der Waals surface area contributed by atoms with Crippen LogP contribution in [-0.2, 0) is 0 Å². The Labute approximate surface area is 263 Å². The van der Waals surface area contributed by atoms with Crippen molar-refractivity contribution in [1.29, 1.82) is 0 Å². The van der Waals surface area contributed by atoms with Gasteiger partial charge < -0.3 is 4.40 Å². The van der Waals surface area contributed by atoms with E-state index in [2.05, 4.69) is 124 Å². The summed E-state index contributed by atoms with van der Waals surface area (Å²) < 4.78 is 4.65. The first-order valence-corrected chi connectivity index (χ1v) is 15.5. The molecular weight excluding hydrogens is 562 g/mol. The highest BCUT2D eigenvalue weighted by Gasteiger charge is 2.22. The van der Waals surface area contributed by atoms with Crippen molar-refractivity contribution in [3.63, 3.8) is 0 Å². The first-order valence-electron chi connectivity index (χ1n) is 15.5. The van der Waals surface area contributed by atoms with E-state index >= 15 is 0 Å². The van der Waals surface area contributed by atoms with E-state index in [9.17, 15) is 0 Å². The smallest absolute Gasteiger partial charge is 0.238 e. The minimum absolute atomic E-state index is 0.593. The first kappa shape index (κ1) is 25.0. The Kier molecular flexibility index (Phi) is 5.22. The zero-order chi connectivity index (χ0) is 30.2. The van der Waals surface area contributed by atoms with Crippen molar-refractivity contribution in [3.8, 4) is 28.7 Å². The third-order valence-electron chi connectivity index (χ3n) is 9.13. The lowest BCUT2D eigenvalue weighted by Crippen LogP contribution is -2.06. The Morgan fingerprint density at radius 1 is 0.391 bits per heavy atom. The van der Waals surface area contributed by atoms with Crippen LogP contribution < -0.4 is 0 Å². The van der Waals surface area contributed by atoms with E-state index in [-0.39, 0.29) is 0 Å². The highest BCUT2D eigenvalue weighted by Crippen LogP contribution is 2.42. The summed E-state index contributed by atoms with van der Waals surface area (Å²) in [7, 11) is 0. The number of para-hydroxylation sites is 3. The standard InChI is InChI=1S/C41H25N5/c1-3-13-26(14-4-1)39-42-40(27-15-5-2-6-16-27)44-41(43-39)46-34-21-11-8-18-29(34)30-23-24-32-36-25-28-17-7-10-20-33(28)45(36)35-22-12-9-19-31(35)37(32)38(30)46/h1-25H. The van der Waals surface area contributed by atoms with Gasteiger partial charge in [0.25, 0.3) is 0 Å². The molecule has 214 valence electrons. The summed E-state index contributed by atoms with van der Waals surface area (Å²) in [6.07, 6.45) is 0. The van der Waals surface area contributed by atoms with Gasteiger partial charge in [0.15, 0.2) is 11.6 Å². The molecule has 0 aliphatic rings. The Bertz CT molecular complexity index is 2740. The quantitative estimate of drug-likeness (QED) is 0.193. The molecule has 0 bridgehead atoms. The fourth-order valence-corrected chi connectivity index (χ4v) is 7.14. The van der Waals surface area contributed by atoms with Crippen molar-refractivity contribution in [1.82, 2.24) is 23.9 Å². The monoisotopic (exact) mass is 587 g/mol. The molecule has 0 saturated heterocycles. The fourth-order valence-electron chi connectivity index (χ4n) is 7.14. The second-order valence-electron chi connectivity index (χ2n) is 11.7. The average Bonchev–Trinajstić information content (AvgIpc) is 3.69. The minimum Gasteiger partial charge on any atom is -0.309 e. The number of nitrogens with zero attached hydrogens (tertiary/aromatic N) is 5. The van der Waals surface area contributed by atoms with Crippen LogP contribution in [0, 0.1) is 0 Å². The van der Waals surface area contributed by atoms with Crippen LogP contribution in [0.5, 0.6) is 0 Å². The molecule has 46 heavy (non-hydrogen) atoms. The van der Waals surface area contributed by atoms with Crippen LogP contribution in [0.3, 0.4) is 0 Å². The summed E-state index contributed by atoms with van der Waals surface area (Å²) >= 11 is 0. The average molecular weight is 588 g/mol. The number of hydrogen-bond acceptors (Lipinski definition) is 3. The zero-order valence-electron chi connectivity index (χ0n) is 24.7. The Morgan fingerprint density at radius 3 is 1.65 bits per heavy atom. The highest BCUT2D eigenvalue weighted by atomic mass is 15.2. The van der Waals surface area contributed by atoms with Gasteiger partial charge in [-0.1, -0.05) is 127 Å². The lowest BCUT2D eigenvalue weighted by molar-refractivity contribution is 0.955. The molecule has 5 heteroatoms. The molecule has 0 aliphatic carbocycles. The largest absolute Gasteiger partial charge is 0.309 e. The Balaban J connectivity index is 1.42. The van der Waals surface area contributed by atoms with Gasteiger partial charge in [0.2, 0.25) is 5.95 Å². The molecule has 0 spiro atoms. The van der Waals surface area contributed by atoms with Crippen molar-refractivity contribution in [2.75, 3.05) is 0 Å². The molecule has 6 aromatic carbocycles. The van der Waals surface area contributed by atoms with E-state index in [0.717, 1.165) is 32.9 Å². The van der Waals surface area contributed by atoms with Gasteiger partial charge in [0.05, 0.1) is 27.6 Å². The summed E-state index contributed by atoms with van der Waals surface area (Å²) in [5.41, 5.74) is 7.58. The summed E-state index contributed by atoms with van der Waals surface area (Å²) in [5, 5.41) is 7.10. The normalized spacial score (nSPS) is 11.9. The Hall–Kier alpha value is -6.33. The number of aromatic nitrogens is 5. The van der Waals surface area contributed by atoms with Gasteiger partial charge in [-0.15, -0.1) is 0 Å². The maximum absolute atomic E-state index is 5.19. The van der Waals surface area contributed by atoms with Crippen LogP contribution in [-0.4, -0.2) is 23.9 Å². The lowest BCUT2D eigenvalue weighted by Gasteiger charge is -2.14. The van der Waals surface area contributed by atoms with Gasteiger partial charge in [-0.3, -0.25) is 4.57 Å². The topological polar surface area (TPSA) is 48.0 Å². The molecule has 0 amide bonds. The van der Waals surface area contributed by atoms with Gasteiger partial charge in [0.1, 0.15) is 0 Å². The van der Waals surface area contributed by atoms with Gasteiger partial charge >= 0.3 is 0 Å². The second-order valence-corrected chi connectivity index (χ2v) is 11.7. The highest BCUT2D eigenvalue weighted by molar-refractivity contribution is 6.28. The minimum atomic E-state index is 0.593. The van der Waals surface area contributed by atoms with Crippen LogP contribution in [0.15, 0.2) is 152 Å². The molecule has 0 unspecified atom stereocenters. The molecule has 0 aliphatic heterocycles. The van der Waals surface area contributed by atoms with E-state index in [1.54, 1.807) is 0 Å². The Morgan fingerprint density at radius 2 is 0.935 bits per heavy atom. The van der Waals surface area contributed by atoms with Crippen molar-refractivity contribution in [2.45, 2.75) is 0 Å². The van der Waals surface area contributed by atoms with Crippen LogP contribution in [0.2, 0.25) is 0 Å².